The van der Waals surface area contributed by atoms with E-state index in [1.807, 2.05) is 0 Å². The summed E-state index contributed by atoms with van der Waals surface area (Å²) < 4.78 is 1.26. The summed E-state index contributed by atoms with van der Waals surface area (Å²) in [5.41, 5.74) is 1.29. The number of hydrogen-bond acceptors (Lipinski definition) is 2. The highest BCUT2D eigenvalue weighted by molar-refractivity contribution is 14.1. The predicted molar refractivity (Wildman–Crippen MR) is 71.9 cm³/mol. The third-order valence-corrected chi connectivity index (χ3v) is 3.19. The normalized spacial score (nSPS) is 14.9. The standard InChI is InChI=1S/C12H18INO/c1-9(7-8-15)14-10(2)11-3-5-12(13)6-4-11/h3-6,9-10,14-15H,7-8H2,1-2H3. The quantitative estimate of drug-likeness (QED) is 0.818. The molecule has 15 heavy (non-hydrogen) atoms. The summed E-state index contributed by atoms with van der Waals surface area (Å²) in [7, 11) is 0. The van der Waals surface area contributed by atoms with Crippen LogP contribution in [0.5, 0.6) is 0 Å². The van der Waals surface area contributed by atoms with Crippen LogP contribution in [-0.4, -0.2) is 17.8 Å². The van der Waals surface area contributed by atoms with E-state index in [2.05, 4.69) is 66.0 Å². The Kier molecular flexibility index (Phi) is 5.56. The number of benzene rings is 1. The van der Waals surface area contributed by atoms with Crippen molar-refractivity contribution in [3.63, 3.8) is 0 Å². The largest absolute Gasteiger partial charge is 0.396 e. The van der Waals surface area contributed by atoms with Crippen LogP contribution in [-0.2, 0) is 0 Å². The van der Waals surface area contributed by atoms with Crippen LogP contribution in [0.25, 0.3) is 0 Å². The van der Waals surface area contributed by atoms with Crippen LogP contribution in [0, 0.1) is 3.57 Å². The van der Waals surface area contributed by atoms with Crippen LogP contribution in [0.4, 0.5) is 0 Å². The molecule has 2 atom stereocenters. The minimum Gasteiger partial charge on any atom is -0.396 e. The number of rotatable bonds is 5. The topological polar surface area (TPSA) is 32.3 Å². The van der Waals surface area contributed by atoms with Crippen molar-refractivity contribution in [3.8, 4) is 0 Å². The molecule has 0 fully saturated rings. The molecule has 0 aromatic heterocycles. The van der Waals surface area contributed by atoms with Gasteiger partial charge in [0.15, 0.2) is 0 Å². The van der Waals surface area contributed by atoms with Crippen molar-refractivity contribution in [2.24, 2.45) is 0 Å². The summed E-state index contributed by atoms with van der Waals surface area (Å²) in [4.78, 5) is 0. The maximum Gasteiger partial charge on any atom is 0.0445 e. The lowest BCUT2D eigenvalue weighted by Gasteiger charge is -2.19. The van der Waals surface area contributed by atoms with E-state index in [9.17, 15) is 0 Å². The Morgan fingerprint density at radius 3 is 2.40 bits per heavy atom. The van der Waals surface area contributed by atoms with Crippen molar-refractivity contribution in [1.82, 2.24) is 5.32 Å². The smallest absolute Gasteiger partial charge is 0.0445 e. The molecule has 0 radical (unpaired) electrons. The number of aliphatic hydroxyl groups is 1. The first-order valence-corrected chi connectivity index (χ1v) is 6.33. The van der Waals surface area contributed by atoms with Crippen LogP contribution in [0.1, 0.15) is 31.9 Å². The van der Waals surface area contributed by atoms with Gasteiger partial charge in [-0.1, -0.05) is 12.1 Å². The number of aliphatic hydroxyl groups excluding tert-OH is 1. The summed E-state index contributed by atoms with van der Waals surface area (Å²) in [5, 5.41) is 12.3. The Bertz CT molecular complexity index is 286. The summed E-state index contributed by atoms with van der Waals surface area (Å²) in [6, 6.07) is 9.21. The van der Waals surface area contributed by atoms with Gasteiger partial charge in [0.25, 0.3) is 0 Å². The Morgan fingerprint density at radius 1 is 1.27 bits per heavy atom. The molecule has 1 aromatic carbocycles. The first kappa shape index (κ1) is 12.9. The maximum absolute atomic E-state index is 8.82. The van der Waals surface area contributed by atoms with Gasteiger partial charge in [-0.3, -0.25) is 0 Å². The molecule has 2 unspecified atom stereocenters. The van der Waals surface area contributed by atoms with E-state index >= 15 is 0 Å². The number of halogens is 1. The van der Waals surface area contributed by atoms with Crippen LogP contribution < -0.4 is 5.32 Å². The maximum atomic E-state index is 8.82. The van der Waals surface area contributed by atoms with Gasteiger partial charge < -0.3 is 10.4 Å². The molecule has 0 amide bonds. The Morgan fingerprint density at radius 2 is 1.87 bits per heavy atom. The molecule has 2 N–H and O–H groups in total. The molecule has 0 aliphatic rings. The summed E-state index contributed by atoms with van der Waals surface area (Å²) >= 11 is 2.31. The zero-order chi connectivity index (χ0) is 11.3. The van der Waals surface area contributed by atoms with E-state index in [-0.39, 0.29) is 6.61 Å². The summed E-state index contributed by atoms with van der Waals surface area (Å²) in [6.45, 7) is 4.49. The van der Waals surface area contributed by atoms with Gasteiger partial charge in [-0.05, 0) is 60.6 Å². The highest BCUT2D eigenvalue weighted by atomic mass is 127. The van der Waals surface area contributed by atoms with Gasteiger partial charge in [-0.15, -0.1) is 0 Å². The van der Waals surface area contributed by atoms with Gasteiger partial charge in [-0.25, -0.2) is 0 Å². The first-order chi connectivity index (χ1) is 7.13. The second-order valence-electron chi connectivity index (χ2n) is 3.85. The van der Waals surface area contributed by atoms with E-state index in [0.717, 1.165) is 6.42 Å². The van der Waals surface area contributed by atoms with Crippen LogP contribution in [0.2, 0.25) is 0 Å². The lowest BCUT2D eigenvalue weighted by molar-refractivity contribution is 0.264. The van der Waals surface area contributed by atoms with Crippen molar-refractivity contribution < 1.29 is 5.11 Å². The number of nitrogens with one attached hydrogen (secondary N) is 1. The van der Waals surface area contributed by atoms with Gasteiger partial charge in [-0.2, -0.15) is 0 Å². The molecule has 0 aliphatic heterocycles. The van der Waals surface area contributed by atoms with Gasteiger partial charge in [0.2, 0.25) is 0 Å². The fourth-order valence-corrected chi connectivity index (χ4v) is 1.91. The Labute approximate surface area is 105 Å². The Balaban J connectivity index is 2.53. The average molecular weight is 319 g/mol. The third-order valence-electron chi connectivity index (χ3n) is 2.47. The van der Waals surface area contributed by atoms with Crippen LogP contribution in [0.15, 0.2) is 24.3 Å². The fourth-order valence-electron chi connectivity index (χ4n) is 1.55. The molecule has 3 heteroatoms. The molecule has 2 nitrogen and oxygen atoms in total. The molecule has 0 saturated carbocycles. The van der Waals surface area contributed by atoms with Crippen LogP contribution >= 0.6 is 22.6 Å². The van der Waals surface area contributed by atoms with E-state index < -0.39 is 0 Å². The van der Waals surface area contributed by atoms with E-state index in [1.54, 1.807) is 0 Å². The molecule has 1 aromatic rings. The lowest BCUT2D eigenvalue weighted by Crippen LogP contribution is -2.29. The molecular formula is C12H18INO. The second-order valence-corrected chi connectivity index (χ2v) is 5.10. The molecular weight excluding hydrogens is 301 g/mol. The monoisotopic (exact) mass is 319 g/mol. The molecule has 0 heterocycles. The SMILES string of the molecule is CC(CCO)NC(C)c1ccc(I)cc1. The second kappa shape index (κ2) is 6.45. The van der Waals surface area contributed by atoms with E-state index in [0.29, 0.717) is 12.1 Å². The van der Waals surface area contributed by atoms with Gasteiger partial charge in [0, 0.05) is 22.3 Å². The molecule has 1 rings (SSSR count). The van der Waals surface area contributed by atoms with Gasteiger partial charge >= 0.3 is 0 Å². The number of hydrogen-bond donors (Lipinski definition) is 2. The highest BCUT2D eigenvalue weighted by Gasteiger charge is 2.08. The molecule has 0 aliphatic carbocycles. The molecule has 0 spiro atoms. The molecule has 0 saturated heterocycles. The van der Waals surface area contributed by atoms with Crippen molar-refractivity contribution in [2.45, 2.75) is 32.4 Å². The third kappa shape index (κ3) is 4.49. The lowest BCUT2D eigenvalue weighted by atomic mass is 10.1. The van der Waals surface area contributed by atoms with E-state index in [4.69, 9.17) is 5.11 Å². The highest BCUT2D eigenvalue weighted by Crippen LogP contribution is 2.15. The minimum absolute atomic E-state index is 0.244. The van der Waals surface area contributed by atoms with Crippen LogP contribution in [0.3, 0.4) is 0 Å². The van der Waals surface area contributed by atoms with Crippen molar-refractivity contribution in [2.75, 3.05) is 6.61 Å². The predicted octanol–water partition coefficient (Wildman–Crippen LogP) is 2.71. The fraction of sp³-hybridized carbons (Fsp3) is 0.500. The van der Waals surface area contributed by atoms with Gasteiger partial charge in [0.05, 0.1) is 0 Å². The minimum atomic E-state index is 0.244. The zero-order valence-electron chi connectivity index (χ0n) is 9.20. The molecule has 84 valence electrons. The van der Waals surface area contributed by atoms with E-state index in [1.165, 1.54) is 9.13 Å². The Hall–Kier alpha value is -0.130. The van der Waals surface area contributed by atoms with Crippen molar-refractivity contribution in [3.05, 3.63) is 33.4 Å². The van der Waals surface area contributed by atoms with Crippen molar-refractivity contribution >= 4 is 22.6 Å². The summed E-state index contributed by atoms with van der Waals surface area (Å²) in [5.74, 6) is 0. The first-order valence-electron chi connectivity index (χ1n) is 5.26. The average Bonchev–Trinajstić information content (AvgIpc) is 2.18. The zero-order valence-corrected chi connectivity index (χ0v) is 11.4. The van der Waals surface area contributed by atoms with Crippen molar-refractivity contribution in [1.29, 1.82) is 0 Å². The molecule has 0 bridgehead atoms. The summed E-state index contributed by atoms with van der Waals surface area (Å²) in [6.07, 6.45) is 0.800. The van der Waals surface area contributed by atoms with Gasteiger partial charge in [0.1, 0.15) is 0 Å².